The van der Waals surface area contributed by atoms with Crippen LogP contribution in [0, 0.1) is 0 Å². The molecular formula is C21H29ClN4O4. The molecule has 2 aliphatic heterocycles. The molecule has 0 radical (unpaired) electrons. The third kappa shape index (κ3) is 4.39. The Bertz CT molecular complexity index is 819. The minimum atomic E-state index is -0.883. The summed E-state index contributed by atoms with van der Waals surface area (Å²) in [7, 11) is 1.63. The number of benzene rings is 1. The average Bonchev–Trinajstić information content (AvgIpc) is 2.99. The number of rotatable bonds is 7. The van der Waals surface area contributed by atoms with Gasteiger partial charge < -0.3 is 15.0 Å². The first-order valence-corrected chi connectivity index (χ1v) is 10.7. The molecule has 0 aliphatic carbocycles. The molecule has 0 spiro atoms. The summed E-state index contributed by atoms with van der Waals surface area (Å²) in [5.41, 5.74) is 0.117. The van der Waals surface area contributed by atoms with Crippen molar-refractivity contribution in [3.8, 4) is 5.75 Å². The van der Waals surface area contributed by atoms with E-state index >= 15 is 0 Å². The number of ether oxygens (including phenoxy) is 1. The molecule has 0 saturated carbocycles. The van der Waals surface area contributed by atoms with Crippen LogP contribution in [0.1, 0.15) is 32.3 Å². The maximum Gasteiger partial charge on any atom is 0.325 e. The highest BCUT2D eigenvalue weighted by molar-refractivity contribution is 6.30. The molecule has 0 unspecified atom stereocenters. The SMILES string of the molecule is CCC1(CC)NC(=O)N(CC(=O)N2CCN(Cc3cc(Cl)ccc3OC)CC2)C1=O. The summed E-state index contributed by atoms with van der Waals surface area (Å²) >= 11 is 6.11. The number of carbonyl (C=O) groups is 3. The molecule has 9 heteroatoms. The molecular weight excluding hydrogens is 408 g/mol. The lowest BCUT2D eigenvalue weighted by Crippen LogP contribution is -2.52. The number of amides is 4. The molecule has 4 amide bonds. The number of hydrogen-bond acceptors (Lipinski definition) is 5. The van der Waals surface area contributed by atoms with Crippen LogP contribution in [0.4, 0.5) is 4.79 Å². The van der Waals surface area contributed by atoms with Crippen molar-refractivity contribution in [2.75, 3.05) is 39.8 Å². The molecule has 8 nitrogen and oxygen atoms in total. The molecule has 1 aromatic carbocycles. The van der Waals surface area contributed by atoms with Crippen LogP contribution in [-0.2, 0) is 16.1 Å². The molecule has 164 valence electrons. The molecule has 0 bridgehead atoms. The van der Waals surface area contributed by atoms with E-state index in [2.05, 4.69) is 10.2 Å². The summed E-state index contributed by atoms with van der Waals surface area (Å²) in [6, 6.07) is 5.05. The summed E-state index contributed by atoms with van der Waals surface area (Å²) < 4.78 is 5.41. The highest BCUT2D eigenvalue weighted by atomic mass is 35.5. The Balaban J connectivity index is 1.55. The lowest BCUT2D eigenvalue weighted by atomic mass is 9.93. The second kappa shape index (κ2) is 9.22. The topological polar surface area (TPSA) is 82.2 Å². The molecule has 3 rings (SSSR count). The van der Waals surface area contributed by atoms with Gasteiger partial charge in [0.25, 0.3) is 5.91 Å². The van der Waals surface area contributed by atoms with E-state index in [1.54, 1.807) is 18.1 Å². The maximum atomic E-state index is 12.7. The Morgan fingerprint density at radius 3 is 2.40 bits per heavy atom. The van der Waals surface area contributed by atoms with Gasteiger partial charge in [-0.25, -0.2) is 4.79 Å². The minimum Gasteiger partial charge on any atom is -0.496 e. The molecule has 2 aliphatic rings. The number of carbonyl (C=O) groups excluding carboxylic acids is 3. The van der Waals surface area contributed by atoms with Crippen molar-refractivity contribution in [3.05, 3.63) is 28.8 Å². The number of methoxy groups -OCH3 is 1. The average molecular weight is 437 g/mol. The summed E-state index contributed by atoms with van der Waals surface area (Å²) in [5, 5.41) is 3.42. The summed E-state index contributed by atoms with van der Waals surface area (Å²) in [4.78, 5) is 42.7. The van der Waals surface area contributed by atoms with Crippen LogP contribution in [0.5, 0.6) is 5.75 Å². The lowest BCUT2D eigenvalue weighted by Gasteiger charge is -2.35. The van der Waals surface area contributed by atoms with E-state index < -0.39 is 11.6 Å². The van der Waals surface area contributed by atoms with E-state index in [9.17, 15) is 14.4 Å². The second-order valence-corrected chi connectivity index (χ2v) is 8.16. The van der Waals surface area contributed by atoms with Gasteiger partial charge in [-0.1, -0.05) is 25.4 Å². The van der Waals surface area contributed by atoms with Crippen molar-refractivity contribution in [1.29, 1.82) is 0 Å². The van der Waals surface area contributed by atoms with Crippen LogP contribution in [-0.4, -0.2) is 77.9 Å². The van der Waals surface area contributed by atoms with Crippen molar-refractivity contribution >= 4 is 29.4 Å². The second-order valence-electron chi connectivity index (χ2n) is 7.72. The highest BCUT2D eigenvalue weighted by Gasteiger charge is 2.49. The van der Waals surface area contributed by atoms with Crippen LogP contribution in [0.25, 0.3) is 0 Å². The Kier molecular flexibility index (Phi) is 6.88. The maximum absolute atomic E-state index is 12.7. The van der Waals surface area contributed by atoms with Crippen LogP contribution in [0.2, 0.25) is 5.02 Å². The Morgan fingerprint density at radius 1 is 1.17 bits per heavy atom. The zero-order valence-corrected chi connectivity index (χ0v) is 18.5. The van der Waals surface area contributed by atoms with Crippen LogP contribution in [0.15, 0.2) is 18.2 Å². The van der Waals surface area contributed by atoms with Gasteiger partial charge in [-0.3, -0.25) is 19.4 Å². The molecule has 0 atom stereocenters. The normalized spacial score (nSPS) is 19.2. The van der Waals surface area contributed by atoms with Crippen molar-refractivity contribution in [2.45, 2.75) is 38.8 Å². The van der Waals surface area contributed by atoms with E-state index in [4.69, 9.17) is 16.3 Å². The van der Waals surface area contributed by atoms with Crippen molar-refractivity contribution in [2.24, 2.45) is 0 Å². The summed E-state index contributed by atoms with van der Waals surface area (Å²) in [6.45, 7) is 6.64. The van der Waals surface area contributed by atoms with Gasteiger partial charge in [0, 0.05) is 43.3 Å². The fourth-order valence-corrected chi connectivity index (χ4v) is 4.25. The third-order valence-corrected chi connectivity index (χ3v) is 6.34. The number of imide groups is 1. The van der Waals surface area contributed by atoms with Gasteiger partial charge in [0.1, 0.15) is 17.8 Å². The van der Waals surface area contributed by atoms with Crippen LogP contribution >= 0.6 is 11.6 Å². The van der Waals surface area contributed by atoms with Crippen molar-refractivity contribution < 1.29 is 19.1 Å². The molecule has 2 heterocycles. The number of hydrogen-bond donors (Lipinski definition) is 1. The Hall–Kier alpha value is -2.32. The predicted octanol–water partition coefficient (Wildman–Crippen LogP) is 2.10. The fraction of sp³-hybridized carbons (Fsp3) is 0.571. The summed E-state index contributed by atoms with van der Waals surface area (Å²) in [5.74, 6) is 0.269. The van der Waals surface area contributed by atoms with Gasteiger partial charge in [0.2, 0.25) is 5.91 Å². The van der Waals surface area contributed by atoms with Gasteiger partial charge in [-0.2, -0.15) is 0 Å². The van der Waals surface area contributed by atoms with Gasteiger partial charge in [-0.05, 0) is 31.0 Å². The quantitative estimate of drug-likeness (QED) is 0.662. The van der Waals surface area contributed by atoms with Gasteiger partial charge in [0.05, 0.1) is 7.11 Å². The van der Waals surface area contributed by atoms with Crippen molar-refractivity contribution in [3.63, 3.8) is 0 Å². The first kappa shape index (κ1) is 22.4. The molecule has 1 aromatic rings. The number of halogens is 1. The summed E-state index contributed by atoms with van der Waals surface area (Å²) in [6.07, 6.45) is 1.01. The number of piperazine rings is 1. The third-order valence-electron chi connectivity index (χ3n) is 6.11. The fourth-order valence-electron chi connectivity index (χ4n) is 4.05. The standard InChI is InChI=1S/C21H29ClN4O4/c1-4-21(5-2)19(28)26(20(29)23-21)14-18(27)25-10-8-24(9-11-25)13-15-12-16(22)6-7-17(15)30-3/h6-7,12H,4-5,8-11,13-14H2,1-3H3,(H,23,29). The Morgan fingerprint density at radius 2 is 1.83 bits per heavy atom. The van der Waals surface area contributed by atoms with Crippen LogP contribution in [0.3, 0.4) is 0 Å². The number of urea groups is 1. The van der Waals surface area contributed by atoms with E-state index in [0.29, 0.717) is 50.6 Å². The molecule has 1 N–H and O–H groups in total. The van der Waals surface area contributed by atoms with E-state index in [1.807, 2.05) is 26.0 Å². The molecule has 2 fully saturated rings. The molecule has 2 saturated heterocycles. The van der Waals surface area contributed by atoms with E-state index in [-0.39, 0.29) is 18.4 Å². The van der Waals surface area contributed by atoms with Crippen molar-refractivity contribution in [1.82, 2.24) is 20.0 Å². The highest BCUT2D eigenvalue weighted by Crippen LogP contribution is 2.26. The van der Waals surface area contributed by atoms with Gasteiger partial charge >= 0.3 is 6.03 Å². The molecule has 0 aromatic heterocycles. The monoisotopic (exact) mass is 436 g/mol. The zero-order valence-electron chi connectivity index (χ0n) is 17.7. The smallest absolute Gasteiger partial charge is 0.325 e. The zero-order chi connectivity index (χ0) is 21.9. The number of nitrogens with zero attached hydrogens (tertiary/aromatic N) is 3. The lowest BCUT2D eigenvalue weighted by molar-refractivity contribution is -0.140. The first-order chi connectivity index (χ1) is 14.3. The minimum absolute atomic E-state index is 0.207. The van der Waals surface area contributed by atoms with Crippen LogP contribution < -0.4 is 10.1 Å². The van der Waals surface area contributed by atoms with Gasteiger partial charge in [0.15, 0.2) is 0 Å². The Labute approximate surface area is 182 Å². The number of nitrogens with one attached hydrogen (secondary N) is 1. The van der Waals surface area contributed by atoms with E-state index in [0.717, 1.165) is 16.2 Å². The molecule has 30 heavy (non-hydrogen) atoms. The first-order valence-electron chi connectivity index (χ1n) is 10.3. The largest absolute Gasteiger partial charge is 0.496 e. The van der Waals surface area contributed by atoms with E-state index in [1.165, 1.54) is 0 Å². The van der Waals surface area contributed by atoms with Gasteiger partial charge in [-0.15, -0.1) is 0 Å². The predicted molar refractivity (Wildman–Crippen MR) is 113 cm³/mol.